The number of carbonyl (C=O) groups excluding carboxylic acids is 1. The first-order valence-electron chi connectivity index (χ1n) is 9.83. The SMILES string of the molecule is O=C(Nc1cccc(S(=O)(=O)Nc2ccccc2Cl)c1)c1cccnc1N1CCCC1. The van der Waals surface area contributed by atoms with Crippen LogP contribution in [0, 0.1) is 0 Å². The normalized spacial score (nSPS) is 13.8. The quantitative estimate of drug-likeness (QED) is 0.574. The van der Waals surface area contributed by atoms with Gasteiger partial charge in [0.05, 0.1) is 21.2 Å². The molecular weight excluding hydrogens is 436 g/mol. The highest BCUT2D eigenvalue weighted by Gasteiger charge is 2.21. The molecule has 2 heterocycles. The highest BCUT2D eigenvalue weighted by atomic mass is 35.5. The second-order valence-electron chi connectivity index (χ2n) is 7.14. The van der Waals surface area contributed by atoms with Gasteiger partial charge in [0.2, 0.25) is 0 Å². The number of aromatic nitrogens is 1. The molecule has 0 bridgehead atoms. The van der Waals surface area contributed by atoms with Crippen LogP contribution >= 0.6 is 11.6 Å². The summed E-state index contributed by atoms with van der Waals surface area (Å²) in [5.74, 6) is 0.297. The van der Waals surface area contributed by atoms with E-state index >= 15 is 0 Å². The molecule has 0 saturated carbocycles. The Morgan fingerprint density at radius 2 is 1.77 bits per heavy atom. The van der Waals surface area contributed by atoms with Gasteiger partial charge in [-0.05, 0) is 55.3 Å². The van der Waals surface area contributed by atoms with E-state index in [2.05, 4.69) is 19.9 Å². The van der Waals surface area contributed by atoms with E-state index < -0.39 is 10.0 Å². The van der Waals surface area contributed by atoms with Crippen molar-refractivity contribution in [3.63, 3.8) is 0 Å². The summed E-state index contributed by atoms with van der Waals surface area (Å²) in [4.78, 5) is 19.4. The summed E-state index contributed by atoms with van der Waals surface area (Å²) < 4.78 is 28.1. The molecule has 1 aliphatic rings. The second-order valence-corrected chi connectivity index (χ2v) is 9.23. The van der Waals surface area contributed by atoms with Crippen LogP contribution in [-0.2, 0) is 10.0 Å². The number of nitrogens with one attached hydrogen (secondary N) is 2. The van der Waals surface area contributed by atoms with Gasteiger partial charge in [0.25, 0.3) is 15.9 Å². The smallest absolute Gasteiger partial charge is 0.262 e. The summed E-state index contributed by atoms with van der Waals surface area (Å²) >= 11 is 6.06. The molecule has 0 atom stereocenters. The Morgan fingerprint density at radius 3 is 2.55 bits per heavy atom. The summed E-state index contributed by atoms with van der Waals surface area (Å²) in [7, 11) is -3.89. The van der Waals surface area contributed by atoms with Crippen molar-refractivity contribution in [1.29, 1.82) is 0 Å². The fraction of sp³-hybridized carbons (Fsp3) is 0.182. The van der Waals surface area contributed by atoms with Crippen LogP contribution in [0.1, 0.15) is 23.2 Å². The van der Waals surface area contributed by atoms with Crippen molar-refractivity contribution in [2.75, 3.05) is 28.0 Å². The van der Waals surface area contributed by atoms with Gasteiger partial charge in [-0.2, -0.15) is 0 Å². The van der Waals surface area contributed by atoms with E-state index in [0.29, 0.717) is 22.1 Å². The number of benzene rings is 2. The van der Waals surface area contributed by atoms with E-state index in [1.807, 2.05) is 0 Å². The Morgan fingerprint density at radius 1 is 1.00 bits per heavy atom. The van der Waals surface area contributed by atoms with Crippen molar-refractivity contribution >= 4 is 44.7 Å². The predicted molar refractivity (Wildman–Crippen MR) is 122 cm³/mol. The number of pyridine rings is 1. The number of amides is 1. The lowest BCUT2D eigenvalue weighted by molar-refractivity contribution is 0.102. The number of sulfonamides is 1. The third-order valence-electron chi connectivity index (χ3n) is 4.96. The van der Waals surface area contributed by atoms with E-state index in [1.165, 1.54) is 12.1 Å². The first kappa shape index (κ1) is 21.1. The van der Waals surface area contributed by atoms with Gasteiger partial charge in [-0.15, -0.1) is 0 Å². The number of carbonyl (C=O) groups is 1. The summed E-state index contributed by atoms with van der Waals surface area (Å²) in [6.07, 6.45) is 3.80. The number of hydrogen-bond donors (Lipinski definition) is 2. The Hall–Kier alpha value is -3.10. The molecule has 1 amide bonds. The number of nitrogens with zero attached hydrogens (tertiary/aromatic N) is 2. The van der Waals surface area contributed by atoms with Crippen LogP contribution in [0.25, 0.3) is 0 Å². The number of hydrogen-bond acceptors (Lipinski definition) is 5. The maximum Gasteiger partial charge on any atom is 0.262 e. The highest BCUT2D eigenvalue weighted by molar-refractivity contribution is 7.92. The van der Waals surface area contributed by atoms with Crippen LogP contribution in [0.4, 0.5) is 17.2 Å². The minimum absolute atomic E-state index is 0.0103. The summed E-state index contributed by atoms with van der Waals surface area (Å²) in [6, 6.07) is 16.1. The molecule has 0 spiro atoms. The number of rotatable bonds is 6. The molecular formula is C22H21ClN4O3S. The van der Waals surface area contributed by atoms with Crippen LogP contribution in [-0.4, -0.2) is 32.4 Å². The topological polar surface area (TPSA) is 91.4 Å². The lowest BCUT2D eigenvalue weighted by Gasteiger charge is -2.19. The van der Waals surface area contributed by atoms with Crippen molar-refractivity contribution in [2.24, 2.45) is 0 Å². The van der Waals surface area contributed by atoms with Gasteiger partial charge >= 0.3 is 0 Å². The number of para-hydroxylation sites is 1. The molecule has 1 fully saturated rings. The average Bonchev–Trinajstić information content (AvgIpc) is 3.30. The van der Waals surface area contributed by atoms with Crippen LogP contribution in [0.3, 0.4) is 0 Å². The van der Waals surface area contributed by atoms with Gasteiger partial charge in [0, 0.05) is 25.0 Å². The Balaban J connectivity index is 1.55. The molecule has 4 rings (SSSR count). The first-order valence-corrected chi connectivity index (χ1v) is 11.7. The lowest BCUT2D eigenvalue weighted by Crippen LogP contribution is -2.24. The van der Waals surface area contributed by atoms with Gasteiger partial charge in [0.15, 0.2) is 0 Å². The van der Waals surface area contributed by atoms with Crippen LogP contribution in [0.2, 0.25) is 5.02 Å². The van der Waals surface area contributed by atoms with Crippen molar-refractivity contribution < 1.29 is 13.2 Å². The summed E-state index contributed by atoms with van der Waals surface area (Å²) in [6.45, 7) is 1.72. The van der Waals surface area contributed by atoms with Crippen molar-refractivity contribution in [1.82, 2.24) is 4.98 Å². The van der Waals surface area contributed by atoms with Gasteiger partial charge in [-0.1, -0.05) is 29.8 Å². The standard InChI is InChI=1S/C22H21ClN4O3S/c23-19-10-1-2-11-20(19)26-31(29,30)17-8-5-7-16(15-17)25-22(28)18-9-6-12-24-21(18)27-13-3-4-14-27/h1-2,5-12,15,26H,3-4,13-14H2,(H,25,28). The molecule has 9 heteroatoms. The van der Waals surface area contributed by atoms with Crippen molar-refractivity contribution in [3.05, 3.63) is 77.4 Å². The molecule has 160 valence electrons. The van der Waals surface area contributed by atoms with Gasteiger partial charge < -0.3 is 10.2 Å². The third-order valence-corrected chi connectivity index (χ3v) is 6.65. The van der Waals surface area contributed by atoms with Gasteiger partial charge in [-0.3, -0.25) is 9.52 Å². The molecule has 1 saturated heterocycles. The molecule has 2 aromatic carbocycles. The Bertz CT molecular complexity index is 1210. The number of halogens is 1. The van der Waals surface area contributed by atoms with E-state index in [1.54, 1.807) is 54.7 Å². The second kappa shape index (κ2) is 8.95. The highest BCUT2D eigenvalue weighted by Crippen LogP contribution is 2.26. The maximum atomic E-state index is 12.9. The molecule has 0 radical (unpaired) electrons. The van der Waals surface area contributed by atoms with Crippen LogP contribution < -0.4 is 14.9 Å². The molecule has 1 aliphatic heterocycles. The lowest BCUT2D eigenvalue weighted by atomic mass is 10.2. The van der Waals surface area contributed by atoms with E-state index in [-0.39, 0.29) is 16.5 Å². The molecule has 7 nitrogen and oxygen atoms in total. The largest absolute Gasteiger partial charge is 0.356 e. The monoisotopic (exact) mass is 456 g/mol. The van der Waals surface area contributed by atoms with Crippen molar-refractivity contribution in [2.45, 2.75) is 17.7 Å². The fourth-order valence-corrected chi connectivity index (χ4v) is 4.81. The summed E-state index contributed by atoms with van der Waals surface area (Å²) in [5, 5.41) is 3.08. The zero-order chi connectivity index (χ0) is 21.8. The molecule has 0 aliphatic carbocycles. The van der Waals surface area contributed by atoms with Crippen LogP contribution in [0.5, 0.6) is 0 Å². The zero-order valence-corrected chi connectivity index (χ0v) is 18.2. The minimum Gasteiger partial charge on any atom is -0.356 e. The van der Waals surface area contributed by atoms with E-state index in [9.17, 15) is 13.2 Å². The van der Waals surface area contributed by atoms with E-state index in [4.69, 9.17) is 11.6 Å². The molecule has 2 N–H and O–H groups in total. The van der Waals surface area contributed by atoms with Crippen molar-refractivity contribution in [3.8, 4) is 0 Å². The van der Waals surface area contributed by atoms with E-state index in [0.717, 1.165) is 25.9 Å². The number of anilines is 3. The summed E-state index contributed by atoms with van der Waals surface area (Å²) in [5.41, 5.74) is 1.10. The maximum absolute atomic E-state index is 12.9. The Kier molecular flexibility index (Phi) is 6.11. The minimum atomic E-state index is -3.89. The average molecular weight is 457 g/mol. The third kappa shape index (κ3) is 4.81. The first-order chi connectivity index (χ1) is 14.9. The molecule has 31 heavy (non-hydrogen) atoms. The van der Waals surface area contributed by atoms with Crippen LogP contribution in [0.15, 0.2) is 71.8 Å². The zero-order valence-electron chi connectivity index (χ0n) is 16.6. The van der Waals surface area contributed by atoms with Gasteiger partial charge in [-0.25, -0.2) is 13.4 Å². The fourth-order valence-electron chi connectivity index (χ4n) is 3.44. The van der Waals surface area contributed by atoms with Gasteiger partial charge in [0.1, 0.15) is 5.82 Å². The predicted octanol–water partition coefficient (Wildman–Crippen LogP) is 4.39. The molecule has 0 unspecified atom stereocenters. The molecule has 1 aromatic heterocycles. The Labute approximate surface area is 186 Å². The molecule has 3 aromatic rings.